The van der Waals surface area contributed by atoms with E-state index in [1.165, 1.54) is 0 Å². The number of amides is 2. The number of carbonyl (C=O) groups is 3. The number of nitrogens with one attached hydrogen (secondary N) is 2. The van der Waals surface area contributed by atoms with Crippen molar-refractivity contribution in [2.45, 2.75) is 44.6 Å². The number of anilines is 1. The second kappa shape index (κ2) is 6.26. The number of aliphatic carboxylic acids is 1. The van der Waals surface area contributed by atoms with Crippen molar-refractivity contribution in [1.29, 1.82) is 0 Å². The van der Waals surface area contributed by atoms with E-state index in [-0.39, 0.29) is 11.8 Å². The molecule has 0 aliphatic heterocycles. The lowest BCUT2D eigenvalue weighted by molar-refractivity contribution is -0.144. The second-order valence-corrected chi connectivity index (χ2v) is 6.93. The normalized spacial score (nSPS) is 24.2. The summed E-state index contributed by atoms with van der Waals surface area (Å²) in [4.78, 5) is 35.7. The molecule has 1 aromatic carbocycles. The van der Waals surface area contributed by atoms with Crippen LogP contribution in [0, 0.1) is 11.8 Å². The van der Waals surface area contributed by atoms with Crippen molar-refractivity contribution in [1.82, 2.24) is 5.32 Å². The minimum atomic E-state index is -1.15. The van der Waals surface area contributed by atoms with Gasteiger partial charge in [-0.25, -0.2) is 4.79 Å². The smallest absolute Gasteiger partial charge is 0.329 e. The Bertz CT molecular complexity index is 662. The molecule has 0 aromatic heterocycles. The zero-order valence-corrected chi connectivity index (χ0v) is 13.7. The number of benzene rings is 1. The minimum Gasteiger partial charge on any atom is -0.480 e. The van der Waals surface area contributed by atoms with E-state index in [2.05, 4.69) is 10.6 Å². The number of carbonyl (C=O) groups excluding carboxylic acids is 2. The largest absolute Gasteiger partial charge is 0.480 e. The molecule has 128 valence electrons. The molecular formula is C18H22N2O4. The molecule has 2 aliphatic carbocycles. The fourth-order valence-electron chi connectivity index (χ4n) is 3.29. The van der Waals surface area contributed by atoms with Gasteiger partial charge in [0.2, 0.25) is 5.91 Å². The van der Waals surface area contributed by atoms with Crippen LogP contribution < -0.4 is 10.6 Å². The third-order valence-corrected chi connectivity index (χ3v) is 5.08. The fraction of sp³-hybridized carbons (Fsp3) is 0.500. The maximum Gasteiger partial charge on any atom is 0.329 e. The molecule has 0 saturated heterocycles. The lowest BCUT2D eigenvalue weighted by atomic mass is 9.97. The van der Waals surface area contributed by atoms with Crippen molar-refractivity contribution in [3.05, 3.63) is 29.8 Å². The molecule has 24 heavy (non-hydrogen) atoms. The van der Waals surface area contributed by atoms with Crippen LogP contribution in [0.2, 0.25) is 0 Å². The Morgan fingerprint density at radius 3 is 2.21 bits per heavy atom. The molecule has 2 saturated carbocycles. The van der Waals surface area contributed by atoms with E-state index >= 15 is 0 Å². The molecule has 3 N–H and O–H groups in total. The molecule has 3 rings (SSSR count). The number of hydrogen-bond acceptors (Lipinski definition) is 3. The molecule has 2 fully saturated rings. The van der Waals surface area contributed by atoms with Gasteiger partial charge >= 0.3 is 5.97 Å². The molecule has 0 heterocycles. The van der Waals surface area contributed by atoms with E-state index in [0.717, 1.165) is 19.3 Å². The van der Waals surface area contributed by atoms with Gasteiger partial charge in [0.15, 0.2) is 0 Å². The zero-order valence-electron chi connectivity index (χ0n) is 13.7. The summed E-state index contributed by atoms with van der Waals surface area (Å²) in [5.41, 5.74) is -0.115. The van der Waals surface area contributed by atoms with Gasteiger partial charge in [-0.05, 0) is 49.4 Å². The van der Waals surface area contributed by atoms with Crippen LogP contribution in [0.25, 0.3) is 0 Å². The van der Waals surface area contributed by atoms with Gasteiger partial charge in [0.1, 0.15) is 5.54 Å². The molecule has 0 spiro atoms. The van der Waals surface area contributed by atoms with Crippen molar-refractivity contribution in [2.24, 2.45) is 11.8 Å². The molecule has 6 heteroatoms. The highest BCUT2D eigenvalue weighted by Gasteiger charge is 2.42. The average molecular weight is 330 g/mol. The van der Waals surface area contributed by atoms with E-state index in [0.29, 0.717) is 30.0 Å². The van der Waals surface area contributed by atoms with E-state index in [1.54, 1.807) is 24.3 Å². The Balaban J connectivity index is 1.63. The van der Waals surface area contributed by atoms with Crippen molar-refractivity contribution in [3.8, 4) is 0 Å². The van der Waals surface area contributed by atoms with Gasteiger partial charge in [-0.3, -0.25) is 9.59 Å². The van der Waals surface area contributed by atoms with Crippen LogP contribution in [0.5, 0.6) is 0 Å². The van der Waals surface area contributed by atoms with Crippen LogP contribution in [0.3, 0.4) is 0 Å². The standard InChI is InChI=1S/C18H22N2O4/c1-11-10-14(11)16(22)19-13-6-4-12(5-7-13)15(21)20-18(17(23)24)8-2-3-9-18/h4-7,11,14H,2-3,8-10H2,1H3,(H,19,22)(H,20,21)(H,23,24). The van der Waals surface area contributed by atoms with Gasteiger partial charge in [-0.15, -0.1) is 0 Å². The summed E-state index contributed by atoms with van der Waals surface area (Å²) in [7, 11) is 0. The lowest BCUT2D eigenvalue weighted by Crippen LogP contribution is -2.52. The van der Waals surface area contributed by atoms with E-state index in [1.807, 2.05) is 6.92 Å². The molecular weight excluding hydrogens is 308 g/mol. The first kappa shape index (κ1) is 16.5. The van der Waals surface area contributed by atoms with Crippen LogP contribution in [-0.4, -0.2) is 28.4 Å². The first-order valence-corrected chi connectivity index (χ1v) is 8.38. The van der Waals surface area contributed by atoms with Gasteiger partial charge in [0.25, 0.3) is 5.91 Å². The highest BCUT2D eigenvalue weighted by atomic mass is 16.4. The number of carboxylic acids is 1. The van der Waals surface area contributed by atoms with Crippen molar-refractivity contribution in [3.63, 3.8) is 0 Å². The van der Waals surface area contributed by atoms with Gasteiger partial charge in [-0.2, -0.15) is 0 Å². The van der Waals surface area contributed by atoms with Gasteiger partial charge < -0.3 is 15.7 Å². The summed E-state index contributed by atoms with van der Waals surface area (Å²) < 4.78 is 0. The number of hydrogen-bond donors (Lipinski definition) is 3. The van der Waals surface area contributed by atoms with Gasteiger partial charge in [-0.1, -0.05) is 19.8 Å². The summed E-state index contributed by atoms with van der Waals surface area (Å²) in [5, 5.41) is 14.9. The highest BCUT2D eigenvalue weighted by Crippen LogP contribution is 2.38. The maximum absolute atomic E-state index is 12.3. The summed E-state index contributed by atoms with van der Waals surface area (Å²) in [6.07, 6.45) is 3.45. The highest BCUT2D eigenvalue weighted by molar-refractivity contribution is 5.99. The van der Waals surface area contributed by atoms with Crippen molar-refractivity contribution in [2.75, 3.05) is 5.32 Å². The van der Waals surface area contributed by atoms with Crippen LogP contribution >= 0.6 is 0 Å². The van der Waals surface area contributed by atoms with Crippen LogP contribution in [0.1, 0.15) is 49.4 Å². The molecule has 2 aliphatic rings. The predicted molar refractivity (Wildman–Crippen MR) is 88.6 cm³/mol. The number of rotatable bonds is 5. The SMILES string of the molecule is CC1CC1C(=O)Nc1ccc(C(=O)NC2(C(=O)O)CCCC2)cc1. The molecule has 6 nitrogen and oxygen atoms in total. The first-order valence-electron chi connectivity index (χ1n) is 8.38. The first-order chi connectivity index (χ1) is 11.4. The molecule has 0 bridgehead atoms. The molecule has 1 aromatic rings. The van der Waals surface area contributed by atoms with Crippen LogP contribution in [-0.2, 0) is 9.59 Å². The quantitative estimate of drug-likeness (QED) is 0.772. The Hall–Kier alpha value is -2.37. The summed E-state index contributed by atoms with van der Waals surface area (Å²) >= 11 is 0. The minimum absolute atomic E-state index is 0.00971. The molecule has 0 radical (unpaired) electrons. The van der Waals surface area contributed by atoms with Crippen LogP contribution in [0.4, 0.5) is 5.69 Å². The van der Waals surface area contributed by atoms with Gasteiger partial charge in [0.05, 0.1) is 0 Å². The monoisotopic (exact) mass is 330 g/mol. The summed E-state index contributed by atoms with van der Waals surface area (Å²) in [5.74, 6) is -0.835. The molecule has 2 unspecified atom stereocenters. The number of carboxylic acid groups (broad SMARTS) is 1. The van der Waals surface area contributed by atoms with E-state index in [4.69, 9.17) is 0 Å². The zero-order chi connectivity index (χ0) is 17.3. The molecule has 2 atom stereocenters. The summed E-state index contributed by atoms with van der Waals surface area (Å²) in [6.45, 7) is 2.04. The topological polar surface area (TPSA) is 95.5 Å². The Kier molecular flexibility index (Phi) is 4.30. The summed E-state index contributed by atoms with van der Waals surface area (Å²) in [6, 6.07) is 6.54. The van der Waals surface area contributed by atoms with Crippen molar-refractivity contribution >= 4 is 23.5 Å². The predicted octanol–water partition coefficient (Wildman–Crippen LogP) is 2.41. The Labute approximate surface area is 140 Å². The van der Waals surface area contributed by atoms with Crippen molar-refractivity contribution < 1.29 is 19.5 Å². The maximum atomic E-state index is 12.3. The Morgan fingerprint density at radius 2 is 1.71 bits per heavy atom. The third-order valence-electron chi connectivity index (χ3n) is 5.08. The second-order valence-electron chi connectivity index (χ2n) is 6.93. The average Bonchev–Trinajstić information content (AvgIpc) is 3.09. The third kappa shape index (κ3) is 3.27. The van der Waals surface area contributed by atoms with Gasteiger partial charge in [0, 0.05) is 17.2 Å². The lowest BCUT2D eigenvalue weighted by Gasteiger charge is -2.25. The fourth-order valence-corrected chi connectivity index (χ4v) is 3.29. The van der Waals surface area contributed by atoms with E-state index in [9.17, 15) is 19.5 Å². The molecule has 2 amide bonds. The van der Waals surface area contributed by atoms with Crippen LogP contribution in [0.15, 0.2) is 24.3 Å². The van der Waals surface area contributed by atoms with E-state index < -0.39 is 17.4 Å². The Morgan fingerprint density at radius 1 is 1.12 bits per heavy atom.